The zero-order valence-corrected chi connectivity index (χ0v) is 15.3. The van der Waals surface area contributed by atoms with Crippen LogP contribution in [0.15, 0.2) is 47.5 Å². The van der Waals surface area contributed by atoms with Crippen LogP contribution in [-0.4, -0.2) is 19.9 Å². The van der Waals surface area contributed by atoms with Crippen molar-refractivity contribution in [2.45, 2.75) is 18.2 Å². The summed E-state index contributed by atoms with van der Waals surface area (Å²) in [6, 6.07) is 10.3. The second-order valence-corrected chi connectivity index (χ2v) is 8.17. The lowest BCUT2D eigenvalue weighted by Gasteiger charge is -2.08. The molecule has 1 heterocycles. The number of aromatic amines is 1. The van der Waals surface area contributed by atoms with Crippen molar-refractivity contribution in [2.75, 3.05) is 6.54 Å². The Kier molecular flexibility index (Phi) is 4.88. The van der Waals surface area contributed by atoms with E-state index < -0.39 is 10.0 Å². The third kappa shape index (κ3) is 3.59. The van der Waals surface area contributed by atoms with Gasteiger partial charge in [-0.2, -0.15) is 0 Å². The van der Waals surface area contributed by atoms with Crippen LogP contribution in [0, 0.1) is 6.92 Å². The standard InChI is InChI=1S/C17H16Cl2N2O2S/c1-11-8-14(3-4-16(11)19)24(22,23)21-7-6-12-10-20-17-5-2-13(18)9-15(12)17/h2-5,8-10,20-21H,6-7H2,1H3. The molecule has 3 rings (SSSR count). The Balaban J connectivity index is 1.72. The van der Waals surface area contributed by atoms with E-state index in [9.17, 15) is 8.42 Å². The van der Waals surface area contributed by atoms with Gasteiger partial charge in [-0.1, -0.05) is 23.2 Å². The number of sulfonamides is 1. The second-order valence-electron chi connectivity index (χ2n) is 5.56. The molecule has 0 amide bonds. The summed E-state index contributed by atoms with van der Waals surface area (Å²) in [7, 11) is -3.56. The number of H-pyrrole nitrogens is 1. The zero-order valence-electron chi connectivity index (χ0n) is 12.9. The van der Waals surface area contributed by atoms with Crippen molar-refractivity contribution in [1.82, 2.24) is 9.71 Å². The van der Waals surface area contributed by atoms with E-state index in [-0.39, 0.29) is 4.90 Å². The summed E-state index contributed by atoms with van der Waals surface area (Å²) in [5, 5.41) is 2.20. The number of hydrogen-bond donors (Lipinski definition) is 2. The Hall–Kier alpha value is -1.53. The van der Waals surface area contributed by atoms with E-state index in [2.05, 4.69) is 9.71 Å². The van der Waals surface area contributed by atoms with Crippen LogP contribution in [0.2, 0.25) is 10.0 Å². The van der Waals surface area contributed by atoms with Gasteiger partial charge in [-0.3, -0.25) is 0 Å². The third-order valence-corrected chi connectivity index (χ3v) is 5.97. The van der Waals surface area contributed by atoms with Crippen molar-refractivity contribution in [2.24, 2.45) is 0 Å². The molecule has 0 aliphatic heterocycles. The van der Waals surface area contributed by atoms with Crippen LogP contribution < -0.4 is 4.72 Å². The van der Waals surface area contributed by atoms with Crippen molar-refractivity contribution in [3.05, 3.63) is 63.8 Å². The fourth-order valence-corrected chi connectivity index (χ4v) is 3.95. The predicted molar refractivity (Wildman–Crippen MR) is 98.4 cm³/mol. The molecule has 0 aliphatic carbocycles. The molecule has 0 spiro atoms. The van der Waals surface area contributed by atoms with Crippen LogP contribution in [0.5, 0.6) is 0 Å². The largest absolute Gasteiger partial charge is 0.361 e. The summed E-state index contributed by atoms with van der Waals surface area (Å²) in [5.41, 5.74) is 2.72. The monoisotopic (exact) mass is 382 g/mol. The molecule has 1 aromatic heterocycles. The van der Waals surface area contributed by atoms with Gasteiger partial charge in [0.1, 0.15) is 0 Å². The summed E-state index contributed by atoms with van der Waals surface area (Å²) in [6.07, 6.45) is 2.44. The number of fused-ring (bicyclic) bond motifs is 1. The van der Waals surface area contributed by atoms with Gasteiger partial charge in [0.05, 0.1) is 4.90 Å². The number of hydrogen-bond acceptors (Lipinski definition) is 2. The minimum absolute atomic E-state index is 0.214. The normalized spacial score (nSPS) is 12.0. The van der Waals surface area contributed by atoms with E-state index in [1.807, 2.05) is 24.4 Å². The maximum Gasteiger partial charge on any atom is 0.240 e. The van der Waals surface area contributed by atoms with E-state index in [1.54, 1.807) is 19.1 Å². The molecule has 0 radical (unpaired) electrons. The molecule has 0 unspecified atom stereocenters. The number of aromatic nitrogens is 1. The van der Waals surface area contributed by atoms with E-state index in [0.717, 1.165) is 22.0 Å². The Labute approximate surface area is 150 Å². The number of halogens is 2. The Bertz CT molecular complexity index is 997. The summed E-state index contributed by atoms with van der Waals surface area (Å²) in [5.74, 6) is 0. The van der Waals surface area contributed by atoms with Gasteiger partial charge in [0.25, 0.3) is 0 Å². The van der Waals surface area contributed by atoms with Crippen LogP contribution in [0.25, 0.3) is 10.9 Å². The number of nitrogens with one attached hydrogen (secondary N) is 2. The topological polar surface area (TPSA) is 62.0 Å². The summed E-state index contributed by atoms with van der Waals surface area (Å²) in [4.78, 5) is 3.37. The van der Waals surface area contributed by atoms with E-state index >= 15 is 0 Å². The lowest BCUT2D eigenvalue weighted by Crippen LogP contribution is -2.26. The highest BCUT2D eigenvalue weighted by atomic mass is 35.5. The zero-order chi connectivity index (χ0) is 17.3. The highest BCUT2D eigenvalue weighted by Gasteiger charge is 2.15. The fraction of sp³-hybridized carbons (Fsp3) is 0.176. The summed E-state index contributed by atoms with van der Waals surface area (Å²) in [6.45, 7) is 2.07. The lowest BCUT2D eigenvalue weighted by molar-refractivity contribution is 0.581. The first kappa shape index (κ1) is 17.3. The quantitative estimate of drug-likeness (QED) is 0.690. The van der Waals surface area contributed by atoms with Gasteiger partial charge in [-0.25, -0.2) is 13.1 Å². The highest BCUT2D eigenvalue weighted by molar-refractivity contribution is 7.89. The lowest BCUT2D eigenvalue weighted by atomic mass is 10.1. The van der Waals surface area contributed by atoms with Gasteiger partial charge in [-0.05, 0) is 60.9 Å². The van der Waals surface area contributed by atoms with E-state index in [4.69, 9.17) is 23.2 Å². The van der Waals surface area contributed by atoms with Gasteiger partial charge in [0, 0.05) is 33.7 Å². The highest BCUT2D eigenvalue weighted by Crippen LogP contribution is 2.23. The smallest absolute Gasteiger partial charge is 0.240 e. The van der Waals surface area contributed by atoms with Gasteiger partial charge in [-0.15, -0.1) is 0 Å². The molecule has 0 aliphatic rings. The molecule has 3 aromatic rings. The van der Waals surface area contributed by atoms with Gasteiger partial charge >= 0.3 is 0 Å². The molecule has 0 saturated carbocycles. The molecule has 0 saturated heterocycles. The van der Waals surface area contributed by atoms with Crippen LogP contribution in [0.3, 0.4) is 0 Å². The molecule has 2 N–H and O–H groups in total. The van der Waals surface area contributed by atoms with Crippen molar-refractivity contribution in [1.29, 1.82) is 0 Å². The average Bonchev–Trinajstić information content (AvgIpc) is 2.92. The first-order valence-corrected chi connectivity index (χ1v) is 9.62. The predicted octanol–water partition coefficient (Wildman–Crippen LogP) is 4.30. The Morgan fingerprint density at radius 3 is 2.67 bits per heavy atom. The van der Waals surface area contributed by atoms with Gasteiger partial charge in [0.2, 0.25) is 10.0 Å². The molecule has 0 fully saturated rings. The molecule has 0 bridgehead atoms. The minimum Gasteiger partial charge on any atom is -0.361 e. The third-order valence-electron chi connectivity index (χ3n) is 3.86. The molecule has 24 heavy (non-hydrogen) atoms. The molecule has 2 aromatic carbocycles. The van der Waals surface area contributed by atoms with E-state index in [1.165, 1.54) is 6.07 Å². The summed E-state index contributed by atoms with van der Waals surface area (Å²) < 4.78 is 27.3. The molecule has 4 nitrogen and oxygen atoms in total. The average molecular weight is 383 g/mol. The maximum absolute atomic E-state index is 12.4. The summed E-state index contributed by atoms with van der Waals surface area (Å²) >= 11 is 12.0. The van der Waals surface area contributed by atoms with Gasteiger partial charge in [0.15, 0.2) is 0 Å². The van der Waals surface area contributed by atoms with Gasteiger partial charge < -0.3 is 4.98 Å². The number of benzene rings is 2. The Morgan fingerprint density at radius 2 is 1.92 bits per heavy atom. The fourth-order valence-electron chi connectivity index (χ4n) is 2.55. The SMILES string of the molecule is Cc1cc(S(=O)(=O)NCCc2c[nH]c3ccc(Cl)cc23)ccc1Cl. The van der Waals surface area contributed by atoms with E-state index in [0.29, 0.717) is 23.0 Å². The van der Waals surface area contributed by atoms with Crippen molar-refractivity contribution in [3.8, 4) is 0 Å². The van der Waals surface area contributed by atoms with Crippen molar-refractivity contribution < 1.29 is 8.42 Å². The van der Waals surface area contributed by atoms with Crippen LogP contribution in [-0.2, 0) is 16.4 Å². The van der Waals surface area contributed by atoms with Crippen LogP contribution in [0.1, 0.15) is 11.1 Å². The minimum atomic E-state index is -3.56. The number of rotatable bonds is 5. The molecule has 126 valence electrons. The Morgan fingerprint density at radius 1 is 1.12 bits per heavy atom. The van der Waals surface area contributed by atoms with Crippen molar-refractivity contribution in [3.63, 3.8) is 0 Å². The molecular weight excluding hydrogens is 367 g/mol. The number of aryl methyl sites for hydroxylation is 1. The van der Waals surface area contributed by atoms with Crippen LogP contribution in [0.4, 0.5) is 0 Å². The second kappa shape index (κ2) is 6.76. The molecular formula is C17H16Cl2N2O2S. The van der Waals surface area contributed by atoms with Crippen molar-refractivity contribution >= 4 is 44.1 Å². The first-order valence-electron chi connectivity index (χ1n) is 7.38. The molecule has 7 heteroatoms. The molecule has 0 atom stereocenters. The first-order chi connectivity index (χ1) is 11.4. The van der Waals surface area contributed by atoms with Crippen LogP contribution >= 0.6 is 23.2 Å². The maximum atomic E-state index is 12.4.